The predicted octanol–water partition coefficient (Wildman–Crippen LogP) is 2.14. The molecule has 0 spiro atoms. The number of hydrogen-bond donors (Lipinski definition) is 1. The van der Waals surface area contributed by atoms with Crippen LogP contribution in [-0.2, 0) is 9.59 Å². The van der Waals surface area contributed by atoms with Crippen molar-refractivity contribution in [1.29, 1.82) is 0 Å². The van der Waals surface area contributed by atoms with Crippen molar-refractivity contribution in [3.63, 3.8) is 0 Å². The van der Waals surface area contributed by atoms with Crippen LogP contribution in [0.2, 0.25) is 0 Å². The molecule has 0 aromatic heterocycles. The number of allylic oxidation sites excluding steroid dienone is 1. The van der Waals surface area contributed by atoms with Crippen molar-refractivity contribution in [2.75, 3.05) is 0 Å². The number of benzene rings is 1. The third kappa shape index (κ3) is 2.03. The van der Waals surface area contributed by atoms with Crippen LogP contribution in [-0.4, -0.2) is 16.9 Å². The summed E-state index contributed by atoms with van der Waals surface area (Å²) in [7, 11) is 0. The van der Waals surface area contributed by atoms with Gasteiger partial charge in [0.2, 0.25) is 0 Å². The molecule has 1 aromatic rings. The van der Waals surface area contributed by atoms with Crippen molar-refractivity contribution in [2.24, 2.45) is 0 Å². The second-order valence-corrected chi connectivity index (χ2v) is 3.87. The minimum atomic E-state index is -0.998. The van der Waals surface area contributed by atoms with Crippen LogP contribution in [0.15, 0.2) is 42.0 Å². The average Bonchev–Trinajstić information content (AvgIpc) is 2.30. The minimum Gasteiger partial charge on any atom is -0.478 e. The Balaban J connectivity index is 2.38. The highest BCUT2D eigenvalue weighted by atomic mass is 16.4. The van der Waals surface area contributed by atoms with Gasteiger partial charge in [-0.25, -0.2) is 4.79 Å². The van der Waals surface area contributed by atoms with Crippen LogP contribution in [0.4, 0.5) is 0 Å². The summed E-state index contributed by atoms with van der Waals surface area (Å²) in [5.74, 6) is -1.25. The number of carboxylic acids is 1. The maximum atomic E-state index is 11.2. The zero-order valence-electron chi connectivity index (χ0n) is 8.72. The van der Waals surface area contributed by atoms with E-state index in [0.717, 1.165) is 5.56 Å². The van der Waals surface area contributed by atoms with Gasteiger partial charge in [-0.15, -0.1) is 0 Å². The van der Waals surface area contributed by atoms with Crippen LogP contribution in [0.3, 0.4) is 0 Å². The van der Waals surface area contributed by atoms with E-state index in [1.165, 1.54) is 6.08 Å². The maximum Gasteiger partial charge on any atom is 0.332 e. The van der Waals surface area contributed by atoms with Crippen molar-refractivity contribution < 1.29 is 14.7 Å². The molecule has 0 aliphatic heterocycles. The van der Waals surface area contributed by atoms with Crippen LogP contribution in [0.1, 0.15) is 24.3 Å². The highest BCUT2D eigenvalue weighted by molar-refractivity contribution is 6.01. The van der Waals surface area contributed by atoms with Crippen molar-refractivity contribution >= 4 is 11.8 Å². The first-order chi connectivity index (χ1) is 7.68. The van der Waals surface area contributed by atoms with Crippen LogP contribution < -0.4 is 0 Å². The summed E-state index contributed by atoms with van der Waals surface area (Å²) in [5, 5.41) is 9.07. The zero-order valence-corrected chi connectivity index (χ0v) is 8.72. The summed E-state index contributed by atoms with van der Waals surface area (Å²) < 4.78 is 0. The summed E-state index contributed by atoms with van der Waals surface area (Å²) in [6, 6.07) is 9.45. The number of ketones is 1. The first-order valence-electron chi connectivity index (χ1n) is 5.21. The largest absolute Gasteiger partial charge is 0.478 e. The summed E-state index contributed by atoms with van der Waals surface area (Å²) >= 11 is 0. The van der Waals surface area contributed by atoms with Crippen LogP contribution >= 0.6 is 0 Å². The molecule has 3 heteroatoms. The Labute approximate surface area is 93.4 Å². The van der Waals surface area contributed by atoms with Gasteiger partial charge in [0, 0.05) is 17.9 Å². The number of rotatable bonds is 2. The number of carbonyl (C=O) groups excluding carboxylic acids is 1. The molecule has 0 fully saturated rings. The van der Waals surface area contributed by atoms with Gasteiger partial charge in [0.15, 0.2) is 5.78 Å². The van der Waals surface area contributed by atoms with Crippen molar-refractivity contribution in [1.82, 2.24) is 0 Å². The quantitative estimate of drug-likeness (QED) is 0.824. The smallest absolute Gasteiger partial charge is 0.332 e. The van der Waals surface area contributed by atoms with Gasteiger partial charge in [0.25, 0.3) is 0 Å². The fourth-order valence-electron chi connectivity index (χ4n) is 2.03. The lowest BCUT2D eigenvalue weighted by Gasteiger charge is -2.21. The molecule has 1 atom stereocenters. The van der Waals surface area contributed by atoms with Gasteiger partial charge in [-0.2, -0.15) is 0 Å². The van der Waals surface area contributed by atoms with Gasteiger partial charge in [-0.05, 0) is 18.1 Å². The van der Waals surface area contributed by atoms with Gasteiger partial charge in [0.05, 0.1) is 0 Å². The molecule has 0 unspecified atom stereocenters. The van der Waals surface area contributed by atoms with E-state index >= 15 is 0 Å². The Morgan fingerprint density at radius 3 is 2.56 bits per heavy atom. The zero-order chi connectivity index (χ0) is 11.5. The second kappa shape index (κ2) is 4.31. The highest BCUT2D eigenvalue weighted by Gasteiger charge is 2.27. The molecule has 1 N–H and O–H groups in total. The molecular formula is C13H12O3. The molecule has 0 heterocycles. The van der Waals surface area contributed by atoms with E-state index < -0.39 is 5.97 Å². The van der Waals surface area contributed by atoms with E-state index in [1.54, 1.807) is 0 Å². The molecule has 2 rings (SSSR count). The second-order valence-electron chi connectivity index (χ2n) is 3.87. The molecule has 1 aromatic carbocycles. The Morgan fingerprint density at radius 2 is 1.94 bits per heavy atom. The molecule has 0 amide bonds. The van der Waals surface area contributed by atoms with Gasteiger partial charge < -0.3 is 5.11 Å². The third-order valence-corrected chi connectivity index (χ3v) is 2.82. The van der Waals surface area contributed by atoms with Crippen molar-refractivity contribution in [2.45, 2.75) is 18.8 Å². The van der Waals surface area contributed by atoms with E-state index in [9.17, 15) is 9.59 Å². The Kier molecular flexibility index (Phi) is 2.86. The number of hydrogen-bond acceptors (Lipinski definition) is 2. The molecule has 0 bridgehead atoms. The Hall–Kier alpha value is -1.90. The van der Waals surface area contributed by atoms with Gasteiger partial charge in [0.1, 0.15) is 0 Å². The minimum absolute atomic E-state index is 0.0930. The summed E-state index contributed by atoms with van der Waals surface area (Å²) in [6.07, 6.45) is 2.28. The lowest BCUT2D eigenvalue weighted by atomic mass is 9.82. The van der Waals surface area contributed by atoms with Crippen LogP contribution in [0.5, 0.6) is 0 Å². The number of carboxylic acid groups (broad SMARTS) is 1. The van der Waals surface area contributed by atoms with Crippen LogP contribution in [0.25, 0.3) is 0 Å². The van der Waals surface area contributed by atoms with Gasteiger partial charge >= 0.3 is 5.97 Å². The molecule has 3 nitrogen and oxygen atoms in total. The first kappa shape index (κ1) is 10.6. The molecule has 0 saturated carbocycles. The van der Waals surface area contributed by atoms with Crippen LogP contribution in [0, 0.1) is 0 Å². The first-order valence-corrected chi connectivity index (χ1v) is 5.21. The molecule has 1 aliphatic rings. The third-order valence-electron chi connectivity index (χ3n) is 2.82. The van der Waals surface area contributed by atoms with E-state index in [2.05, 4.69) is 0 Å². The van der Waals surface area contributed by atoms with Gasteiger partial charge in [-0.3, -0.25) is 4.79 Å². The number of aliphatic carboxylic acids is 1. The van der Waals surface area contributed by atoms with Gasteiger partial charge in [-0.1, -0.05) is 30.3 Å². The topological polar surface area (TPSA) is 54.4 Å². The fourth-order valence-corrected chi connectivity index (χ4v) is 2.03. The molecular weight excluding hydrogens is 204 g/mol. The molecule has 0 saturated heterocycles. The van der Waals surface area contributed by atoms with E-state index in [-0.39, 0.29) is 17.3 Å². The molecule has 0 radical (unpaired) electrons. The normalized spacial score (nSPS) is 20.4. The van der Waals surface area contributed by atoms with Crippen molar-refractivity contribution in [3.05, 3.63) is 47.5 Å². The molecule has 82 valence electrons. The summed E-state index contributed by atoms with van der Waals surface area (Å²) in [6.45, 7) is 0. The predicted molar refractivity (Wildman–Crippen MR) is 59.1 cm³/mol. The molecule has 1 aliphatic carbocycles. The average molecular weight is 216 g/mol. The van der Waals surface area contributed by atoms with E-state index in [0.29, 0.717) is 12.8 Å². The lowest BCUT2D eigenvalue weighted by Crippen LogP contribution is -2.18. The monoisotopic (exact) mass is 216 g/mol. The number of carbonyl (C=O) groups is 2. The van der Waals surface area contributed by atoms with E-state index in [4.69, 9.17) is 5.11 Å². The fraction of sp³-hybridized carbons (Fsp3) is 0.231. The lowest BCUT2D eigenvalue weighted by molar-refractivity contribution is -0.133. The Bertz CT molecular complexity index is 446. The SMILES string of the molecule is O=C1C=C(C(=O)O)[C@@H](c2ccccc2)CC1. The standard InChI is InChI=1S/C13H12O3/c14-10-6-7-11(12(8-10)13(15)16)9-4-2-1-3-5-9/h1-5,8,11H,6-7H2,(H,15,16)/t11-/m1/s1. The summed E-state index contributed by atoms with van der Waals surface area (Å²) in [5.41, 5.74) is 1.17. The molecule has 16 heavy (non-hydrogen) atoms. The summed E-state index contributed by atoms with van der Waals surface area (Å²) in [4.78, 5) is 22.3. The van der Waals surface area contributed by atoms with Crippen molar-refractivity contribution in [3.8, 4) is 0 Å². The maximum absolute atomic E-state index is 11.2. The Morgan fingerprint density at radius 1 is 1.25 bits per heavy atom. The van der Waals surface area contributed by atoms with E-state index in [1.807, 2.05) is 30.3 Å². The highest BCUT2D eigenvalue weighted by Crippen LogP contribution is 2.32.